The van der Waals surface area contributed by atoms with Gasteiger partial charge in [0.15, 0.2) is 0 Å². The highest BCUT2D eigenvalue weighted by atomic mass is 16.5. The van der Waals surface area contributed by atoms with E-state index in [9.17, 15) is 0 Å². The zero-order valence-electron chi connectivity index (χ0n) is 11.5. The highest BCUT2D eigenvalue weighted by Crippen LogP contribution is 2.55. The Morgan fingerprint density at radius 3 is 2.67 bits per heavy atom. The predicted octanol–water partition coefficient (Wildman–Crippen LogP) is 2.21. The summed E-state index contributed by atoms with van der Waals surface area (Å²) in [6.07, 6.45) is 1.23. The van der Waals surface area contributed by atoms with Crippen molar-refractivity contribution in [3.05, 3.63) is 29.8 Å². The molecule has 0 aromatic heterocycles. The van der Waals surface area contributed by atoms with Crippen LogP contribution in [0.3, 0.4) is 0 Å². The van der Waals surface area contributed by atoms with Crippen LogP contribution in [-0.2, 0) is 10.2 Å². The SMILES string of the molecule is COCCNCC1(c2ccccc2OC)CC1C. The largest absolute Gasteiger partial charge is 0.496 e. The number of para-hydroxylation sites is 1. The van der Waals surface area contributed by atoms with Gasteiger partial charge < -0.3 is 14.8 Å². The van der Waals surface area contributed by atoms with Gasteiger partial charge in [0.05, 0.1) is 13.7 Å². The van der Waals surface area contributed by atoms with Crippen LogP contribution in [0.2, 0.25) is 0 Å². The summed E-state index contributed by atoms with van der Waals surface area (Å²) in [7, 11) is 3.48. The van der Waals surface area contributed by atoms with Gasteiger partial charge in [-0.15, -0.1) is 0 Å². The average molecular weight is 249 g/mol. The Hall–Kier alpha value is -1.06. The van der Waals surface area contributed by atoms with Gasteiger partial charge in [-0.1, -0.05) is 25.1 Å². The van der Waals surface area contributed by atoms with E-state index in [1.807, 2.05) is 6.07 Å². The minimum Gasteiger partial charge on any atom is -0.496 e. The Kier molecular flexibility index (Phi) is 4.25. The van der Waals surface area contributed by atoms with Gasteiger partial charge in [-0.05, 0) is 18.4 Å². The Labute approximate surface area is 109 Å². The quantitative estimate of drug-likeness (QED) is 0.752. The van der Waals surface area contributed by atoms with Crippen molar-refractivity contribution < 1.29 is 9.47 Å². The van der Waals surface area contributed by atoms with Gasteiger partial charge in [-0.3, -0.25) is 0 Å². The van der Waals surface area contributed by atoms with Gasteiger partial charge in [0, 0.05) is 31.2 Å². The van der Waals surface area contributed by atoms with E-state index in [-0.39, 0.29) is 5.41 Å². The van der Waals surface area contributed by atoms with Crippen LogP contribution in [0.5, 0.6) is 5.75 Å². The minimum atomic E-state index is 0.250. The second kappa shape index (κ2) is 5.72. The summed E-state index contributed by atoms with van der Waals surface area (Å²) in [4.78, 5) is 0. The number of methoxy groups -OCH3 is 2. The van der Waals surface area contributed by atoms with E-state index in [1.54, 1.807) is 14.2 Å². The number of hydrogen-bond acceptors (Lipinski definition) is 3. The highest BCUT2D eigenvalue weighted by Gasteiger charge is 2.53. The Balaban J connectivity index is 2.08. The van der Waals surface area contributed by atoms with Crippen LogP contribution in [-0.4, -0.2) is 33.9 Å². The molecule has 100 valence electrons. The number of rotatable bonds is 7. The van der Waals surface area contributed by atoms with Crippen LogP contribution >= 0.6 is 0 Å². The molecule has 1 fully saturated rings. The van der Waals surface area contributed by atoms with E-state index in [0.717, 1.165) is 25.4 Å². The summed E-state index contributed by atoms with van der Waals surface area (Å²) in [5.74, 6) is 1.72. The van der Waals surface area contributed by atoms with Gasteiger partial charge in [0.25, 0.3) is 0 Å². The maximum atomic E-state index is 5.50. The molecule has 1 saturated carbocycles. The number of hydrogen-bond donors (Lipinski definition) is 1. The molecule has 18 heavy (non-hydrogen) atoms. The molecule has 2 atom stereocenters. The summed E-state index contributed by atoms with van der Waals surface area (Å²) in [6, 6.07) is 8.37. The van der Waals surface area contributed by atoms with Crippen molar-refractivity contribution in [1.29, 1.82) is 0 Å². The summed E-state index contributed by atoms with van der Waals surface area (Å²) >= 11 is 0. The molecule has 0 radical (unpaired) electrons. The van der Waals surface area contributed by atoms with Crippen molar-refractivity contribution >= 4 is 0 Å². The first-order valence-electron chi connectivity index (χ1n) is 6.58. The van der Waals surface area contributed by atoms with Crippen molar-refractivity contribution in [2.45, 2.75) is 18.8 Å². The lowest BCUT2D eigenvalue weighted by molar-refractivity contribution is 0.198. The second-order valence-corrected chi connectivity index (χ2v) is 5.13. The first-order chi connectivity index (χ1) is 8.74. The van der Waals surface area contributed by atoms with E-state index in [2.05, 4.69) is 30.4 Å². The van der Waals surface area contributed by atoms with Crippen LogP contribution in [0.4, 0.5) is 0 Å². The molecule has 0 heterocycles. The molecule has 1 aromatic carbocycles. The monoisotopic (exact) mass is 249 g/mol. The van der Waals surface area contributed by atoms with E-state index in [1.165, 1.54) is 12.0 Å². The smallest absolute Gasteiger partial charge is 0.122 e. The third kappa shape index (κ3) is 2.52. The lowest BCUT2D eigenvalue weighted by Crippen LogP contribution is -2.31. The zero-order chi connectivity index (χ0) is 13.0. The van der Waals surface area contributed by atoms with E-state index < -0.39 is 0 Å². The molecule has 0 saturated heterocycles. The lowest BCUT2D eigenvalue weighted by atomic mass is 9.92. The molecule has 0 bridgehead atoms. The predicted molar refractivity (Wildman–Crippen MR) is 73.2 cm³/mol. The van der Waals surface area contributed by atoms with E-state index in [4.69, 9.17) is 9.47 Å². The fourth-order valence-electron chi connectivity index (χ4n) is 2.75. The van der Waals surface area contributed by atoms with Crippen LogP contribution in [0.15, 0.2) is 24.3 Å². The van der Waals surface area contributed by atoms with Gasteiger partial charge in [-0.2, -0.15) is 0 Å². The summed E-state index contributed by atoms with van der Waals surface area (Å²) in [6.45, 7) is 4.97. The van der Waals surface area contributed by atoms with Gasteiger partial charge in [-0.25, -0.2) is 0 Å². The van der Waals surface area contributed by atoms with Crippen LogP contribution in [0.1, 0.15) is 18.9 Å². The molecule has 0 amide bonds. The zero-order valence-corrected chi connectivity index (χ0v) is 11.5. The molecule has 1 N–H and O–H groups in total. The van der Waals surface area contributed by atoms with E-state index in [0.29, 0.717) is 5.92 Å². The van der Waals surface area contributed by atoms with Gasteiger partial charge >= 0.3 is 0 Å². The van der Waals surface area contributed by atoms with Crippen LogP contribution in [0, 0.1) is 5.92 Å². The Morgan fingerprint density at radius 1 is 1.33 bits per heavy atom. The topological polar surface area (TPSA) is 30.5 Å². The number of ether oxygens (including phenoxy) is 2. The number of nitrogens with one attached hydrogen (secondary N) is 1. The molecule has 2 unspecified atom stereocenters. The molecular weight excluding hydrogens is 226 g/mol. The fourth-order valence-corrected chi connectivity index (χ4v) is 2.75. The van der Waals surface area contributed by atoms with Crippen LogP contribution in [0.25, 0.3) is 0 Å². The molecule has 3 nitrogen and oxygen atoms in total. The third-order valence-corrected chi connectivity index (χ3v) is 4.02. The Morgan fingerprint density at radius 2 is 2.06 bits per heavy atom. The first kappa shape index (κ1) is 13.4. The molecule has 1 aromatic rings. The molecule has 0 spiro atoms. The summed E-state index contributed by atoms with van der Waals surface area (Å²) in [5, 5.41) is 3.49. The fraction of sp³-hybridized carbons (Fsp3) is 0.600. The van der Waals surface area contributed by atoms with Crippen molar-refractivity contribution in [2.24, 2.45) is 5.92 Å². The minimum absolute atomic E-state index is 0.250. The van der Waals surface area contributed by atoms with Gasteiger partial charge in [0.2, 0.25) is 0 Å². The lowest BCUT2D eigenvalue weighted by Gasteiger charge is -2.20. The van der Waals surface area contributed by atoms with Crippen molar-refractivity contribution in [1.82, 2.24) is 5.32 Å². The van der Waals surface area contributed by atoms with Gasteiger partial charge in [0.1, 0.15) is 5.75 Å². The van der Waals surface area contributed by atoms with Crippen LogP contribution < -0.4 is 10.1 Å². The molecule has 0 aliphatic heterocycles. The van der Waals surface area contributed by atoms with Crippen molar-refractivity contribution in [3.63, 3.8) is 0 Å². The normalized spacial score (nSPS) is 26.1. The van der Waals surface area contributed by atoms with E-state index >= 15 is 0 Å². The summed E-state index contributed by atoms with van der Waals surface area (Å²) in [5.41, 5.74) is 1.59. The summed E-state index contributed by atoms with van der Waals surface area (Å²) < 4.78 is 10.6. The Bertz CT molecular complexity index is 394. The first-order valence-corrected chi connectivity index (χ1v) is 6.58. The molecular formula is C15H23NO2. The molecule has 2 rings (SSSR count). The second-order valence-electron chi connectivity index (χ2n) is 5.13. The highest BCUT2D eigenvalue weighted by molar-refractivity contribution is 5.44. The van der Waals surface area contributed by atoms with Crippen molar-refractivity contribution in [3.8, 4) is 5.75 Å². The maximum Gasteiger partial charge on any atom is 0.122 e. The number of benzene rings is 1. The molecule has 3 heteroatoms. The standard InChI is InChI=1S/C15H23NO2/c1-12-10-15(12,11-16-8-9-17-2)13-6-4-5-7-14(13)18-3/h4-7,12,16H,8-11H2,1-3H3. The average Bonchev–Trinajstić information content (AvgIpc) is 3.06. The molecule has 1 aliphatic rings. The van der Waals surface area contributed by atoms with Crippen molar-refractivity contribution in [2.75, 3.05) is 33.9 Å². The third-order valence-electron chi connectivity index (χ3n) is 4.02. The molecule has 1 aliphatic carbocycles. The maximum absolute atomic E-state index is 5.50.